The highest BCUT2D eigenvalue weighted by molar-refractivity contribution is 7.89. The molecule has 0 spiro atoms. The Morgan fingerprint density at radius 3 is 2.52 bits per heavy atom. The summed E-state index contributed by atoms with van der Waals surface area (Å²) < 4.78 is 37.8. The van der Waals surface area contributed by atoms with Crippen LogP contribution >= 0.6 is 0 Å². The minimum Gasteiger partial charge on any atom is -0.464 e. The highest BCUT2D eigenvalue weighted by Gasteiger charge is 2.34. The number of amides is 1. The molecule has 2 aromatic heterocycles. The van der Waals surface area contributed by atoms with E-state index in [0.717, 1.165) is 22.1 Å². The van der Waals surface area contributed by atoms with E-state index in [0.29, 0.717) is 18.8 Å². The summed E-state index contributed by atoms with van der Waals surface area (Å²) in [4.78, 5) is 14.6. The van der Waals surface area contributed by atoms with Gasteiger partial charge in [-0.2, -0.15) is 4.31 Å². The van der Waals surface area contributed by atoms with Crippen LogP contribution in [0.5, 0.6) is 0 Å². The fourth-order valence-corrected chi connectivity index (χ4v) is 5.47. The topological polar surface area (TPSA) is 96.9 Å². The second-order valence-corrected chi connectivity index (χ2v) is 9.25. The molecular weight excluding hydrogens is 394 g/mol. The number of piperazine rings is 1. The standard InChI is InChI=1S/C20H23N3O5S/c1-13-4-5-17-16(12-27-18(17)10-13)11-19(24)22-6-8-23(9-7-22)29(25,26)20-14(2)21-28-15(20)3/h4-5,10,12H,6-9,11H2,1-3H3. The van der Waals surface area contributed by atoms with Gasteiger partial charge in [0.05, 0.1) is 12.7 Å². The van der Waals surface area contributed by atoms with E-state index in [9.17, 15) is 13.2 Å². The molecule has 0 unspecified atom stereocenters. The van der Waals surface area contributed by atoms with Crippen LogP contribution in [0.15, 0.2) is 38.3 Å². The Hall–Kier alpha value is -2.65. The molecule has 0 N–H and O–H groups in total. The van der Waals surface area contributed by atoms with Crippen LogP contribution in [0.2, 0.25) is 0 Å². The maximum Gasteiger partial charge on any atom is 0.248 e. The summed E-state index contributed by atoms with van der Waals surface area (Å²) in [6.45, 7) is 6.35. The molecule has 3 aromatic rings. The van der Waals surface area contributed by atoms with E-state index in [1.165, 1.54) is 4.31 Å². The normalized spacial score (nSPS) is 15.9. The number of sulfonamides is 1. The van der Waals surface area contributed by atoms with Gasteiger partial charge in [-0.3, -0.25) is 4.79 Å². The molecule has 1 amide bonds. The number of rotatable bonds is 4. The maximum atomic E-state index is 12.9. The molecule has 0 bridgehead atoms. The Morgan fingerprint density at radius 1 is 1.14 bits per heavy atom. The zero-order valence-corrected chi connectivity index (χ0v) is 17.5. The van der Waals surface area contributed by atoms with Gasteiger partial charge in [0.1, 0.15) is 16.2 Å². The van der Waals surface area contributed by atoms with Crippen LogP contribution in [0.4, 0.5) is 0 Å². The number of aryl methyl sites for hydroxylation is 3. The van der Waals surface area contributed by atoms with Crippen LogP contribution in [0.25, 0.3) is 11.0 Å². The van der Waals surface area contributed by atoms with Crippen LogP contribution in [0.1, 0.15) is 22.6 Å². The number of fused-ring (bicyclic) bond motifs is 1. The molecule has 0 radical (unpaired) electrons. The molecule has 1 aliphatic rings. The molecule has 4 rings (SSSR count). The minimum atomic E-state index is -3.69. The Bertz CT molecular complexity index is 1150. The van der Waals surface area contributed by atoms with Gasteiger partial charge in [-0.1, -0.05) is 17.3 Å². The third-order valence-electron chi connectivity index (χ3n) is 5.31. The van der Waals surface area contributed by atoms with Crippen LogP contribution in [0.3, 0.4) is 0 Å². The predicted octanol–water partition coefficient (Wildman–Crippen LogP) is 2.42. The Balaban J connectivity index is 1.43. The molecule has 1 saturated heterocycles. The smallest absolute Gasteiger partial charge is 0.248 e. The summed E-state index contributed by atoms with van der Waals surface area (Å²) in [5.74, 6) is 0.241. The van der Waals surface area contributed by atoms with Crippen molar-refractivity contribution in [3.63, 3.8) is 0 Å². The summed E-state index contributed by atoms with van der Waals surface area (Å²) in [6.07, 6.45) is 1.85. The fraction of sp³-hybridized carbons (Fsp3) is 0.400. The molecule has 1 aliphatic heterocycles. The van der Waals surface area contributed by atoms with Crippen molar-refractivity contribution in [3.8, 4) is 0 Å². The molecular formula is C20H23N3O5S. The van der Waals surface area contributed by atoms with E-state index >= 15 is 0 Å². The largest absolute Gasteiger partial charge is 0.464 e. The van der Waals surface area contributed by atoms with Crippen LogP contribution in [0, 0.1) is 20.8 Å². The molecule has 0 atom stereocenters. The van der Waals surface area contributed by atoms with Gasteiger partial charge in [-0.05, 0) is 32.4 Å². The number of aromatic nitrogens is 1. The number of nitrogens with zero attached hydrogens (tertiary/aromatic N) is 3. The molecule has 0 aliphatic carbocycles. The van der Waals surface area contributed by atoms with Gasteiger partial charge < -0.3 is 13.8 Å². The fourth-order valence-electron chi connectivity index (χ4n) is 3.75. The molecule has 3 heterocycles. The average Bonchev–Trinajstić information content (AvgIpc) is 3.24. The summed E-state index contributed by atoms with van der Waals surface area (Å²) >= 11 is 0. The summed E-state index contributed by atoms with van der Waals surface area (Å²) in [7, 11) is -3.69. The molecule has 0 saturated carbocycles. The van der Waals surface area contributed by atoms with Gasteiger partial charge in [-0.25, -0.2) is 8.42 Å². The monoisotopic (exact) mass is 417 g/mol. The zero-order valence-electron chi connectivity index (χ0n) is 16.6. The van der Waals surface area contributed by atoms with E-state index in [2.05, 4.69) is 5.16 Å². The van der Waals surface area contributed by atoms with Gasteiger partial charge in [0.25, 0.3) is 0 Å². The lowest BCUT2D eigenvalue weighted by Crippen LogP contribution is -2.51. The van der Waals surface area contributed by atoms with Gasteiger partial charge >= 0.3 is 0 Å². The highest BCUT2D eigenvalue weighted by atomic mass is 32.2. The Morgan fingerprint density at radius 2 is 1.86 bits per heavy atom. The van der Waals surface area contributed by atoms with Crippen molar-refractivity contribution in [2.75, 3.05) is 26.2 Å². The SMILES string of the molecule is Cc1ccc2c(CC(=O)N3CCN(S(=O)(=O)c4c(C)noc4C)CC3)coc2c1. The average molecular weight is 417 g/mol. The van der Waals surface area contributed by atoms with E-state index in [4.69, 9.17) is 8.94 Å². The third kappa shape index (κ3) is 3.56. The second kappa shape index (κ2) is 7.31. The first-order chi connectivity index (χ1) is 13.8. The summed E-state index contributed by atoms with van der Waals surface area (Å²) in [5.41, 5.74) is 3.06. The van der Waals surface area contributed by atoms with Crippen molar-refractivity contribution >= 4 is 26.9 Å². The van der Waals surface area contributed by atoms with Gasteiger partial charge in [0.2, 0.25) is 15.9 Å². The lowest BCUT2D eigenvalue weighted by molar-refractivity contribution is -0.131. The summed E-state index contributed by atoms with van der Waals surface area (Å²) in [6, 6.07) is 5.90. The van der Waals surface area contributed by atoms with Gasteiger partial charge in [-0.15, -0.1) is 0 Å². The number of hydrogen-bond acceptors (Lipinski definition) is 6. The van der Waals surface area contributed by atoms with E-state index in [1.54, 1.807) is 25.0 Å². The lowest BCUT2D eigenvalue weighted by atomic mass is 10.1. The van der Waals surface area contributed by atoms with Crippen molar-refractivity contribution < 1.29 is 22.2 Å². The van der Waals surface area contributed by atoms with Gasteiger partial charge in [0, 0.05) is 37.1 Å². The molecule has 9 heteroatoms. The second-order valence-electron chi connectivity index (χ2n) is 7.38. The number of carbonyl (C=O) groups excluding carboxylic acids is 1. The third-order valence-corrected chi connectivity index (χ3v) is 7.45. The first-order valence-corrected chi connectivity index (χ1v) is 10.9. The van der Waals surface area contributed by atoms with Crippen molar-refractivity contribution in [1.29, 1.82) is 0 Å². The van der Waals surface area contributed by atoms with E-state index in [1.807, 2.05) is 25.1 Å². The number of benzene rings is 1. The number of furan rings is 1. The minimum absolute atomic E-state index is 0.0392. The quantitative estimate of drug-likeness (QED) is 0.647. The van der Waals surface area contributed by atoms with Crippen molar-refractivity contribution in [2.45, 2.75) is 32.1 Å². The Kier molecular flexibility index (Phi) is 4.95. The summed E-state index contributed by atoms with van der Waals surface area (Å²) in [5, 5.41) is 4.67. The number of carbonyl (C=O) groups is 1. The first kappa shape index (κ1) is 19.7. The predicted molar refractivity (Wildman–Crippen MR) is 106 cm³/mol. The van der Waals surface area contributed by atoms with E-state index in [-0.39, 0.29) is 36.1 Å². The van der Waals surface area contributed by atoms with Crippen molar-refractivity contribution in [3.05, 3.63) is 47.0 Å². The van der Waals surface area contributed by atoms with Crippen molar-refractivity contribution in [1.82, 2.24) is 14.4 Å². The zero-order chi connectivity index (χ0) is 20.8. The number of hydrogen-bond donors (Lipinski definition) is 0. The highest BCUT2D eigenvalue weighted by Crippen LogP contribution is 2.25. The molecule has 1 fully saturated rings. The van der Waals surface area contributed by atoms with Crippen LogP contribution in [-0.4, -0.2) is 54.9 Å². The molecule has 1 aromatic carbocycles. The Labute approximate surface area is 169 Å². The van der Waals surface area contributed by atoms with Crippen LogP contribution < -0.4 is 0 Å². The lowest BCUT2D eigenvalue weighted by Gasteiger charge is -2.34. The van der Waals surface area contributed by atoms with Gasteiger partial charge in [0.15, 0.2) is 5.76 Å². The van der Waals surface area contributed by atoms with Crippen molar-refractivity contribution in [2.24, 2.45) is 0 Å². The molecule has 29 heavy (non-hydrogen) atoms. The molecule has 154 valence electrons. The first-order valence-electron chi connectivity index (χ1n) is 9.45. The van der Waals surface area contributed by atoms with Crippen LogP contribution in [-0.2, 0) is 21.2 Å². The van der Waals surface area contributed by atoms with E-state index < -0.39 is 10.0 Å². The molecule has 8 nitrogen and oxygen atoms in total. The maximum absolute atomic E-state index is 12.9.